The summed E-state index contributed by atoms with van der Waals surface area (Å²) in [5.41, 5.74) is 0. The second kappa shape index (κ2) is 34.9. The molecule has 0 bridgehead atoms. The number of rotatable bonds is 31. The van der Waals surface area contributed by atoms with Gasteiger partial charge in [-0.2, -0.15) is 0 Å². The van der Waals surface area contributed by atoms with Gasteiger partial charge in [-0.05, 0) is 70.6 Å². The second-order valence-electron chi connectivity index (χ2n) is 11.7. The van der Waals surface area contributed by atoms with Gasteiger partial charge in [-0.15, -0.1) is 0 Å². The van der Waals surface area contributed by atoms with E-state index in [1.165, 1.54) is 57.8 Å². The molecule has 250 valence electrons. The highest BCUT2D eigenvalue weighted by molar-refractivity contribution is 5.69. The lowest BCUT2D eigenvalue weighted by Gasteiger charge is -2.17. The van der Waals surface area contributed by atoms with Crippen LogP contribution in [0.15, 0.2) is 72.9 Å². The summed E-state index contributed by atoms with van der Waals surface area (Å²) in [6.07, 6.45) is 49.1. The lowest BCUT2D eigenvalue weighted by atomic mass is 10.0. The van der Waals surface area contributed by atoms with Crippen LogP contribution in [0.3, 0.4) is 0 Å². The zero-order valence-corrected chi connectivity index (χ0v) is 28.4. The molecule has 0 fully saturated rings. The smallest absolute Gasteiger partial charge is 0.306 e. The Hall–Kier alpha value is -2.62. The summed E-state index contributed by atoms with van der Waals surface area (Å²) in [7, 11) is 0. The van der Waals surface area contributed by atoms with Gasteiger partial charge < -0.3 is 9.84 Å². The molecule has 44 heavy (non-hydrogen) atoms. The van der Waals surface area contributed by atoms with Crippen molar-refractivity contribution in [3.8, 4) is 0 Å². The van der Waals surface area contributed by atoms with Gasteiger partial charge in [0.2, 0.25) is 0 Å². The van der Waals surface area contributed by atoms with E-state index in [1.807, 2.05) is 6.08 Å². The van der Waals surface area contributed by atoms with Crippen molar-refractivity contribution in [1.82, 2.24) is 0 Å². The number of carboxylic acids is 1. The van der Waals surface area contributed by atoms with Gasteiger partial charge in [-0.1, -0.05) is 151 Å². The molecule has 0 aromatic carbocycles. The first-order valence-corrected chi connectivity index (χ1v) is 17.9. The van der Waals surface area contributed by atoms with E-state index < -0.39 is 5.97 Å². The summed E-state index contributed by atoms with van der Waals surface area (Å²) in [5, 5.41) is 8.98. The molecule has 0 aromatic rings. The van der Waals surface area contributed by atoms with Gasteiger partial charge >= 0.3 is 11.9 Å². The monoisotopic (exact) mass is 610 g/mol. The topological polar surface area (TPSA) is 63.6 Å². The molecule has 0 heterocycles. The number of ether oxygens (including phenoxy) is 1. The Balaban J connectivity index is 4.02. The maximum atomic E-state index is 12.4. The Labute approximate surface area is 271 Å². The average molecular weight is 611 g/mol. The largest absolute Gasteiger partial charge is 0.481 e. The third-order valence-electron chi connectivity index (χ3n) is 7.46. The summed E-state index contributed by atoms with van der Waals surface area (Å²) >= 11 is 0. The molecule has 0 rings (SSSR count). The standard InChI is InChI=1S/C40H66O4/c1-3-5-7-9-11-13-15-16-17-18-19-20-21-22-24-26-28-30-32-37-40(43)44-38(35-33-36-39(41)42)34-31-29-27-25-23-14-12-10-8-6-4-2/h5,7,11,13,16-17,19-20,22,24,28,30,38H,3-4,6,8-10,12,14-15,18,21,23,25-27,29,31-37H2,1-2H3,(H,41,42)/b7-5-,13-11-,17-16-,20-19-,24-22-,30-28-. The van der Waals surface area contributed by atoms with Gasteiger partial charge in [-0.3, -0.25) is 9.59 Å². The first-order valence-electron chi connectivity index (χ1n) is 17.9. The van der Waals surface area contributed by atoms with Crippen molar-refractivity contribution in [2.75, 3.05) is 0 Å². The van der Waals surface area contributed by atoms with Crippen LogP contribution in [0.4, 0.5) is 0 Å². The van der Waals surface area contributed by atoms with E-state index in [0.29, 0.717) is 25.7 Å². The predicted octanol–water partition coefficient (Wildman–Crippen LogP) is 12.3. The molecule has 4 heteroatoms. The molecule has 0 aliphatic rings. The van der Waals surface area contributed by atoms with Crippen LogP contribution in [-0.4, -0.2) is 23.1 Å². The van der Waals surface area contributed by atoms with Gasteiger partial charge in [0.05, 0.1) is 0 Å². The zero-order chi connectivity index (χ0) is 32.2. The molecule has 0 saturated carbocycles. The van der Waals surface area contributed by atoms with Gasteiger partial charge in [0.1, 0.15) is 6.10 Å². The lowest BCUT2D eigenvalue weighted by molar-refractivity contribution is -0.149. The highest BCUT2D eigenvalue weighted by Crippen LogP contribution is 2.17. The summed E-state index contributed by atoms with van der Waals surface area (Å²) in [6, 6.07) is 0. The molecule has 1 N–H and O–H groups in total. The molecule has 1 unspecified atom stereocenters. The van der Waals surface area contributed by atoms with E-state index in [2.05, 4.69) is 80.7 Å². The van der Waals surface area contributed by atoms with E-state index in [1.54, 1.807) is 0 Å². The van der Waals surface area contributed by atoms with Crippen molar-refractivity contribution >= 4 is 11.9 Å². The number of carbonyl (C=O) groups excluding carboxylic acids is 1. The zero-order valence-electron chi connectivity index (χ0n) is 28.4. The summed E-state index contributed by atoms with van der Waals surface area (Å²) in [4.78, 5) is 23.4. The van der Waals surface area contributed by atoms with E-state index in [9.17, 15) is 9.59 Å². The van der Waals surface area contributed by atoms with Crippen LogP contribution in [-0.2, 0) is 14.3 Å². The molecule has 0 aliphatic heterocycles. The molecule has 4 nitrogen and oxygen atoms in total. The highest BCUT2D eigenvalue weighted by Gasteiger charge is 2.14. The van der Waals surface area contributed by atoms with Crippen LogP contribution in [0.5, 0.6) is 0 Å². The van der Waals surface area contributed by atoms with Crippen LogP contribution in [0.1, 0.15) is 162 Å². The SMILES string of the molecule is CC/C=C\C/C=C\C/C=C\C/C=C\C/C=C\C/C=C\CCC(=O)OC(CCCCCCCCCCCCC)CCCC(=O)O. The first kappa shape index (κ1) is 41.4. The number of hydrogen-bond acceptors (Lipinski definition) is 3. The average Bonchev–Trinajstić information content (AvgIpc) is 3.00. The van der Waals surface area contributed by atoms with Gasteiger partial charge in [0, 0.05) is 12.8 Å². The van der Waals surface area contributed by atoms with Crippen molar-refractivity contribution in [2.24, 2.45) is 0 Å². The van der Waals surface area contributed by atoms with Crippen molar-refractivity contribution in [3.05, 3.63) is 72.9 Å². The fraction of sp³-hybridized carbons (Fsp3) is 0.650. The molecule has 0 aromatic heterocycles. The first-order chi connectivity index (χ1) is 21.6. The van der Waals surface area contributed by atoms with Crippen LogP contribution in [0.25, 0.3) is 0 Å². The summed E-state index contributed by atoms with van der Waals surface area (Å²) in [6.45, 7) is 4.41. The molecule has 0 aliphatic carbocycles. The van der Waals surface area contributed by atoms with Crippen molar-refractivity contribution < 1.29 is 19.4 Å². The second-order valence-corrected chi connectivity index (χ2v) is 11.7. The van der Waals surface area contributed by atoms with Gasteiger partial charge in [0.25, 0.3) is 0 Å². The fourth-order valence-electron chi connectivity index (χ4n) is 4.86. The highest BCUT2D eigenvalue weighted by atomic mass is 16.5. The van der Waals surface area contributed by atoms with Crippen molar-refractivity contribution in [1.29, 1.82) is 0 Å². The molecule has 0 radical (unpaired) electrons. The number of carbonyl (C=O) groups is 2. The minimum absolute atomic E-state index is 0.130. The van der Waals surface area contributed by atoms with Gasteiger partial charge in [-0.25, -0.2) is 0 Å². The molecule has 0 saturated heterocycles. The predicted molar refractivity (Wildman–Crippen MR) is 190 cm³/mol. The third-order valence-corrected chi connectivity index (χ3v) is 7.46. The van der Waals surface area contributed by atoms with Crippen LogP contribution >= 0.6 is 0 Å². The minimum Gasteiger partial charge on any atom is -0.481 e. The minimum atomic E-state index is -0.789. The number of unbranched alkanes of at least 4 members (excludes halogenated alkanes) is 10. The van der Waals surface area contributed by atoms with E-state index in [0.717, 1.165) is 57.8 Å². The number of esters is 1. The summed E-state index contributed by atoms with van der Waals surface area (Å²) in [5.74, 6) is -0.963. The Kier molecular flexibility index (Phi) is 32.8. The van der Waals surface area contributed by atoms with Crippen LogP contribution < -0.4 is 0 Å². The normalized spacial score (nSPS) is 13.1. The van der Waals surface area contributed by atoms with Crippen LogP contribution in [0, 0.1) is 0 Å². The molecular weight excluding hydrogens is 544 g/mol. The van der Waals surface area contributed by atoms with E-state index in [4.69, 9.17) is 9.84 Å². The molecule has 0 amide bonds. The third kappa shape index (κ3) is 33.9. The Bertz CT molecular complexity index is 830. The van der Waals surface area contributed by atoms with Gasteiger partial charge in [0.15, 0.2) is 0 Å². The maximum Gasteiger partial charge on any atom is 0.306 e. The summed E-state index contributed by atoms with van der Waals surface area (Å²) < 4.78 is 5.76. The Morgan fingerprint density at radius 3 is 1.39 bits per heavy atom. The number of aliphatic carboxylic acids is 1. The Morgan fingerprint density at radius 1 is 0.523 bits per heavy atom. The lowest BCUT2D eigenvalue weighted by Crippen LogP contribution is -2.18. The maximum absolute atomic E-state index is 12.4. The molecule has 0 spiro atoms. The number of carboxylic acid groups (broad SMARTS) is 1. The number of allylic oxidation sites excluding steroid dienone is 12. The Morgan fingerprint density at radius 2 is 0.932 bits per heavy atom. The van der Waals surface area contributed by atoms with Crippen molar-refractivity contribution in [2.45, 2.75) is 168 Å². The van der Waals surface area contributed by atoms with E-state index in [-0.39, 0.29) is 18.5 Å². The fourth-order valence-corrected chi connectivity index (χ4v) is 4.86. The molecule has 1 atom stereocenters. The van der Waals surface area contributed by atoms with Crippen LogP contribution in [0.2, 0.25) is 0 Å². The molecular formula is C40H66O4. The number of hydrogen-bond donors (Lipinski definition) is 1. The quantitative estimate of drug-likeness (QED) is 0.0482. The van der Waals surface area contributed by atoms with E-state index >= 15 is 0 Å². The van der Waals surface area contributed by atoms with Crippen molar-refractivity contribution in [3.63, 3.8) is 0 Å².